The minimum Gasteiger partial charge on any atom is -0.495 e. The smallest absolute Gasteiger partial charge is 0.269 e. The van der Waals surface area contributed by atoms with Crippen molar-refractivity contribution in [1.82, 2.24) is 9.97 Å². The monoisotopic (exact) mass is 494 g/mol. The molecule has 0 aliphatic rings. The average Bonchev–Trinajstić information content (AvgIpc) is 2.83. The molecular formula is C24H19ClN4O4S. The van der Waals surface area contributed by atoms with E-state index < -0.39 is 4.92 Å². The summed E-state index contributed by atoms with van der Waals surface area (Å²) >= 11 is 7.38. The fourth-order valence-electron chi connectivity index (χ4n) is 3.30. The maximum absolute atomic E-state index is 12.6. The minimum absolute atomic E-state index is 0.0120. The largest absolute Gasteiger partial charge is 0.495 e. The minimum atomic E-state index is -0.430. The molecule has 34 heavy (non-hydrogen) atoms. The first-order valence-corrected chi connectivity index (χ1v) is 11.5. The molecule has 8 nitrogen and oxygen atoms in total. The number of hydrogen-bond acceptors (Lipinski definition) is 7. The van der Waals surface area contributed by atoms with Crippen LogP contribution in [0.3, 0.4) is 0 Å². The van der Waals surface area contributed by atoms with Crippen molar-refractivity contribution in [3.63, 3.8) is 0 Å². The van der Waals surface area contributed by atoms with Gasteiger partial charge in [-0.05, 0) is 35.9 Å². The number of aromatic nitrogens is 2. The van der Waals surface area contributed by atoms with E-state index in [1.807, 2.05) is 24.3 Å². The Morgan fingerprint density at radius 2 is 1.85 bits per heavy atom. The average molecular weight is 495 g/mol. The van der Waals surface area contributed by atoms with Crippen molar-refractivity contribution in [2.45, 2.75) is 11.4 Å². The molecule has 0 atom stereocenters. The number of anilines is 1. The number of nitrogens with zero attached hydrogens (tertiary/aromatic N) is 3. The number of carbonyl (C=O) groups is 1. The molecule has 0 radical (unpaired) electrons. The summed E-state index contributed by atoms with van der Waals surface area (Å²) in [6.45, 7) is 0. The third-order valence-electron chi connectivity index (χ3n) is 4.87. The van der Waals surface area contributed by atoms with Gasteiger partial charge in [-0.15, -0.1) is 0 Å². The van der Waals surface area contributed by atoms with Crippen LogP contribution in [0.25, 0.3) is 11.0 Å². The van der Waals surface area contributed by atoms with Crippen molar-refractivity contribution >= 4 is 51.7 Å². The zero-order valence-corrected chi connectivity index (χ0v) is 19.6. The normalized spacial score (nSPS) is 10.8. The topological polar surface area (TPSA) is 107 Å². The molecule has 1 amide bonds. The maximum atomic E-state index is 12.6. The Morgan fingerprint density at radius 3 is 2.56 bits per heavy atom. The van der Waals surface area contributed by atoms with Gasteiger partial charge in [0.2, 0.25) is 5.91 Å². The Kier molecular flexibility index (Phi) is 7.24. The van der Waals surface area contributed by atoms with E-state index in [9.17, 15) is 14.9 Å². The van der Waals surface area contributed by atoms with Crippen LogP contribution in [0.4, 0.5) is 11.4 Å². The third kappa shape index (κ3) is 5.62. The molecule has 1 N–H and O–H groups in total. The van der Waals surface area contributed by atoms with Crippen LogP contribution in [0.1, 0.15) is 11.3 Å². The zero-order chi connectivity index (χ0) is 24.1. The summed E-state index contributed by atoms with van der Waals surface area (Å²) in [5, 5.41) is 14.9. The standard InChI is InChI=1S/C24H19ClN4O4S/c1-33-22-10-9-16(13-18(22)25)26-23(30)14-34-24-21(27-19-7-2-3-8-20(19)28-24)12-15-5-4-6-17(11-15)29(31)32/h2-11,13H,12,14H2,1H3,(H,26,30). The lowest BCUT2D eigenvalue weighted by molar-refractivity contribution is -0.384. The van der Waals surface area contributed by atoms with Crippen LogP contribution in [-0.2, 0) is 11.2 Å². The van der Waals surface area contributed by atoms with E-state index in [4.69, 9.17) is 26.3 Å². The van der Waals surface area contributed by atoms with Crippen LogP contribution < -0.4 is 10.1 Å². The van der Waals surface area contributed by atoms with E-state index in [-0.39, 0.29) is 17.3 Å². The molecule has 0 aliphatic carbocycles. The number of thioether (sulfide) groups is 1. The Morgan fingerprint density at radius 1 is 1.09 bits per heavy atom. The number of ether oxygens (including phenoxy) is 1. The zero-order valence-electron chi connectivity index (χ0n) is 18.0. The van der Waals surface area contributed by atoms with Crippen LogP contribution in [0.5, 0.6) is 5.75 Å². The number of rotatable bonds is 8. The number of nitro benzene ring substituents is 1. The van der Waals surface area contributed by atoms with Gasteiger partial charge in [0.1, 0.15) is 10.8 Å². The number of amides is 1. The van der Waals surface area contributed by atoms with E-state index in [1.54, 1.807) is 30.3 Å². The highest BCUT2D eigenvalue weighted by atomic mass is 35.5. The second-order valence-electron chi connectivity index (χ2n) is 7.25. The second kappa shape index (κ2) is 10.5. The Hall–Kier alpha value is -3.69. The van der Waals surface area contributed by atoms with Gasteiger partial charge in [0, 0.05) is 24.2 Å². The number of carbonyl (C=O) groups excluding carboxylic acids is 1. The number of hydrogen-bond donors (Lipinski definition) is 1. The van der Waals surface area contributed by atoms with Gasteiger partial charge in [-0.1, -0.05) is 47.6 Å². The molecule has 0 aliphatic heterocycles. The predicted molar refractivity (Wildman–Crippen MR) is 133 cm³/mol. The molecule has 172 valence electrons. The quantitative estimate of drug-likeness (QED) is 0.195. The van der Waals surface area contributed by atoms with E-state index in [0.29, 0.717) is 44.6 Å². The van der Waals surface area contributed by atoms with Gasteiger partial charge in [0.15, 0.2) is 0 Å². The summed E-state index contributed by atoms with van der Waals surface area (Å²) in [7, 11) is 1.52. The van der Waals surface area contributed by atoms with Crippen molar-refractivity contribution in [3.8, 4) is 5.75 Å². The molecular weight excluding hydrogens is 476 g/mol. The number of nitrogens with one attached hydrogen (secondary N) is 1. The molecule has 0 bridgehead atoms. The Labute approximate surface area is 204 Å². The summed E-state index contributed by atoms with van der Waals surface area (Å²) in [4.78, 5) is 32.7. The molecule has 4 rings (SSSR count). The Bertz CT molecular complexity index is 1380. The fraction of sp³-hybridized carbons (Fsp3) is 0.125. The predicted octanol–water partition coefficient (Wildman–Crippen LogP) is 5.52. The first kappa shape index (κ1) is 23.5. The fourth-order valence-corrected chi connectivity index (χ4v) is 4.34. The van der Waals surface area contributed by atoms with Gasteiger partial charge >= 0.3 is 0 Å². The molecule has 0 unspecified atom stereocenters. The number of methoxy groups -OCH3 is 1. The first-order chi connectivity index (χ1) is 16.4. The number of nitro groups is 1. The highest BCUT2D eigenvalue weighted by Gasteiger charge is 2.15. The Balaban J connectivity index is 1.55. The van der Waals surface area contributed by atoms with Gasteiger partial charge in [-0.25, -0.2) is 9.97 Å². The van der Waals surface area contributed by atoms with Gasteiger partial charge < -0.3 is 10.1 Å². The van der Waals surface area contributed by atoms with Crippen molar-refractivity contribution in [3.05, 3.63) is 93.1 Å². The highest BCUT2D eigenvalue weighted by Crippen LogP contribution is 2.28. The van der Waals surface area contributed by atoms with E-state index in [1.165, 1.54) is 31.0 Å². The number of halogens is 1. The number of para-hydroxylation sites is 2. The summed E-state index contributed by atoms with van der Waals surface area (Å²) in [6.07, 6.45) is 0.345. The summed E-state index contributed by atoms with van der Waals surface area (Å²) in [5.41, 5.74) is 3.36. The van der Waals surface area contributed by atoms with Crippen LogP contribution in [-0.4, -0.2) is 33.7 Å². The van der Waals surface area contributed by atoms with Crippen molar-refractivity contribution in [1.29, 1.82) is 0 Å². The summed E-state index contributed by atoms with van der Waals surface area (Å²) in [6, 6.07) is 18.9. The molecule has 4 aromatic rings. The van der Waals surface area contributed by atoms with Crippen LogP contribution in [0, 0.1) is 10.1 Å². The molecule has 0 saturated carbocycles. The molecule has 0 spiro atoms. The van der Waals surface area contributed by atoms with Gasteiger partial charge in [0.05, 0.1) is 39.5 Å². The maximum Gasteiger partial charge on any atom is 0.269 e. The lowest BCUT2D eigenvalue weighted by Gasteiger charge is -2.11. The van der Waals surface area contributed by atoms with Crippen LogP contribution in [0.15, 0.2) is 71.8 Å². The van der Waals surface area contributed by atoms with Crippen molar-refractivity contribution < 1.29 is 14.5 Å². The van der Waals surface area contributed by atoms with Crippen molar-refractivity contribution in [2.75, 3.05) is 18.2 Å². The highest BCUT2D eigenvalue weighted by molar-refractivity contribution is 8.00. The molecule has 1 heterocycles. The van der Waals surface area contributed by atoms with Crippen LogP contribution >= 0.6 is 23.4 Å². The lowest BCUT2D eigenvalue weighted by Crippen LogP contribution is -2.14. The van der Waals surface area contributed by atoms with Gasteiger partial charge in [-0.3, -0.25) is 14.9 Å². The van der Waals surface area contributed by atoms with Crippen LogP contribution in [0.2, 0.25) is 5.02 Å². The summed E-state index contributed by atoms with van der Waals surface area (Å²) < 4.78 is 5.13. The molecule has 3 aromatic carbocycles. The molecule has 0 saturated heterocycles. The first-order valence-electron chi connectivity index (χ1n) is 10.2. The summed E-state index contributed by atoms with van der Waals surface area (Å²) in [5.74, 6) is 0.382. The molecule has 1 aromatic heterocycles. The van der Waals surface area contributed by atoms with Crippen molar-refractivity contribution in [2.24, 2.45) is 0 Å². The third-order valence-corrected chi connectivity index (χ3v) is 6.18. The van der Waals surface area contributed by atoms with Gasteiger partial charge in [-0.2, -0.15) is 0 Å². The van der Waals surface area contributed by atoms with E-state index in [2.05, 4.69) is 5.32 Å². The molecule has 10 heteroatoms. The molecule has 0 fully saturated rings. The van der Waals surface area contributed by atoms with E-state index in [0.717, 1.165) is 5.56 Å². The number of benzene rings is 3. The van der Waals surface area contributed by atoms with E-state index >= 15 is 0 Å². The number of non-ortho nitro benzene ring substituents is 1. The number of fused-ring (bicyclic) bond motifs is 1. The van der Waals surface area contributed by atoms with Gasteiger partial charge in [0.25, 0.3) is 5.69 Å². The SMILES string of the molecule is COc1ccc(NC(=O)CSc2nc3ccccc3nc2Cc2cccc([N+](=O)[O-])c2)cc1Cl. The lowest BCUT2D eigenvalue weighted by atomic mass is 10.1. The second-order valence-corrected chi connectivity index (χ2v) is 8.63.